The van der Waals surface area contributed by atoms with E-state index in [9.17, 15) is 0 Å². The number of alkyl halides is 1. The molecule has 0 heterocycles. The van der Waals surface area contributed by atoms with E-state index in [1.165, 1.54) is 22.3 Å². The predicted molar refractivity (Wildman–Crippen MR) is 122 cm³/mol. The van der Waals surface area contributed by atoms with Gasteiger partial charge in [-0.2, -0.15) is 0 Å². The molecule has 0 amide bonds. The van der Waals surface area contributed by atoms with E-state index in [2.05, 4.69) is 28.1 Å². The highest BCUT2D eigenvalue weighted by molar-refractivity contribution is 9.09. The number of benzene rings is 2. The highest BCUT2D eigenvalue weighted by atomic mass is 79.9. The molecule has 0 saturated heterocycles. The van der Waals surface area contributed by atoms with E-state index in [1.54, 1.807) is 28.4 Å². The quantitative estimate of drug-likeness (QED) is 0.629. The van der Waals surface area contributed by atoms with Crippen LogP contribution in [0.25, 0.3) is 0 Å². The average Bonchev–Trinajstić information content (AvgIpc) is 3.39. The van der Waals surface area contributed by atoms with Crippen molar-refractivity contribution in [2.24, 2.45) is 11.8 Å². The van der Waals surface area contributed by atoms with Gasteiger partial charge in [-0.1, -0.05) is 15.9 Å². The van der Waals surface area contributed by atoms with Crippen molar-refractivity contribution in [1.82, 2.24) is 0 Å². The second kappa shape index (κ2) is 10.4. The lowest BCUT2D eigenvalue weighted by Crippen LogP contribution is -2.04. The Morgan fingerprint density at radius 3 is 1.20 bits per heavy atom. The first kappa shape index (κ1) is 22.8. The third-order valence-corrected chi connectivity index (χ3v) is 6.84. The summed E-state index contributed by atoms with van der Waals surface area (Å²) >= 11 is 3.54. The van der Waals surface area contributed by atoms with Gasteiger partial charge in [-0.25, -0.2) is 0 Å². The number of methoxy groups -OCH3 is 4. The van der Waals surface area contributed by atoms with Gasteiger partial charge in [0.25, 0.3) is 0 Å². The molecule has 0 aliphatic heterocycles. The molecule has 30 heavy (non-hydrogen) atoms. The molecule has 0 fully saturated rings. The second-order valence-corrected chi connectivity index (χ2v) is 8.48. The zero-order valence-corrected chi connectivity index (χ0v) is 19.8. The van der Waals surface area contributed by atoms with Gasteiger partial charge in [0.15, 0.2) is 23.0 Å². The number of aliphatic hydroxyl groups excluding tert-OH is 1. The van der Waals surface area contributed by atoms with Gasteiger partial charge in [0.1, 0.15) is 0 Å². The Kier molecular flexibility index (Phi) is 7.89. The van der Waals surface area contributed by atoms with Gasteiger partial charge in [-0.15, -0.1) is 0 Å². The highest BCUT2D eigenvalue weighted by Crippen LogP contribution is 2.37. The van der Waals surface area contributed by atoms with E-state index >= 15 is 0 Å². The molecule has 2 aliphatic rings. The van der Waals surface area contributed by atoms with Gasteiger partial charge in [-0.3, -0.25) is 0 Å². The average molecular weight is 479 g/mol. The van der Waals surface area contributed by atoms with Crippen molar-refractivity contribution in [2.45, 2.75) is 25.7 Å². The molecule has 4 rings (SSSR count). The topological polar surface area (TPSA) is 57.2 Å². The first-order chi connectivity index (χ1) is 14.6. The Bertz CT molecular complexity index is 730. The number of hydrogen-bond donors (Lipinski definition) is 1. The molecule has 164 valence electrons. The molecule has 2 aliphatic carbocycles. The maximum absolute atomic E-state index is 9.13. The molecule has 5 nitrogen and oxygen atoms in total. The lowest BCUT2D eigenvalue weighted by Gasteiger charge is -2.09. The number of ether oxygens (including phenoxy) is 4. The van der Waals surface area contributed by atoms with Crippen LogP contribution in [0, 0.1) is 11.8 Å². The number of fused-ring (bicyclic) bond motifs is 2. The van der Waals surface area contributed by atoms with E-state index in [0.717, 1.165) is 59.9 Å². The van der Waals surface area contributed by atoms with Crippen molar-refractivity contribution in [1.29, 1.82) is 0 Å². The van der Waals surface area contributed by atoms with E-state index in [1.807, 2.05) is 12.1 Å². The molecule has 0 radical (unpaired) electrons. The Morgan fingerprint density at radius 1 is 0.667 bits per heavy atom. The largest absolute Gasteiger partial charge is 0.493 e. The van der Waals surface area contributed by atoms with Crippen molar-refractivity contribution < 1.29 is 24.1 Å². The summed E-state index contributed by atoms with van der Waals surface area (Å²) < 4.78 is 21.1. The van der Waals surface area contributed by atoms with Gasteiger partial charge in [-0.05, 0) is 84.0 Å². The van der Waals surface area contributed by atoms with E-state index < -0.39 is 0 Å². The number of hydrogen-bond acceptors (Lipinski definition) is 5. The molecule has 0 unspecified atom stereocenters. The molecular formula is C24H31BrO5. The van der Waals surface area contributed by atoms with Crippen LogP contribution in [-0.2, 0) is 25.7 Å². The van der Waals surface area contributed by atoms with Gasteiger partial charge in [0, 0.05) is 11.9 Å². The van der Waals surface area contributed by atoms with Crippen molar-refractivity contribution in [3.05, 3.63) is 46.5 Å². The van der Waals surface area contributed by atoms with Crippen molar-refractivity contribution >= 4 is 15.9 Å². The molecule has 6 heteroatoms. The fourth-order valence-electron chi connectivity index (χ4n) is 4.31. The van der Waals surface area contributed by atoms with Crippen LogP contribution < -0.4 is 18.9 Å². The van der Waals surface area contributed by atoms with Crippen LogP contribution in [0.5, 0.6) is 23.0 Å². The van der Waals surface area contributed by atoms with Crippen LogP contribution in [0.3, 0.4) is 0 Å². The van der Waals surface area contributed by atoms with Crippen LogP contribution in [-0.4, -0.2) is 45.5 Å². The predicted octanol–water partition coefficient (Wildman–Crippen LogP) is 4.22. The smallest absolute Gasteiger partial charge is 0.161 e. The zero-order valence-electron chi connectivity index (χ0n) is 18.2. The first-order valence-corrected chi connectivity index (χ1v) is 11.3. The standard InChI is InChI=1S/C12H15BrO2.C12H16O3/c2*1-14-11-5-9-3-8(7-13)4-10(9)6-12(11)15-2/h5-6,8H,3-4,7H2,1-2H3;5-6,8,13H,3-4,7H2,1-2H3. The molecule has 0 saturated carbocycles. The van der Waals surface area contributed by atoms with Gasteiger partial charge >= 0.3 is 0 Å². The normalized spacial score (nSPS) is 15.1. The fraction of sp³-hybridized carbons (Fsp3) is 0.500. The summed E-state index contributed by atoms with van der Waals surface area (Å²) in [5.74, 6) is 4.30. The lowest BCUT2D eigenvalue weighted by molar-refractivity contribution is 0.232. The number of aliphatic hydroxyl groups is 1. The number of rotatable bonds is 6. The molecule has 1 N–H and O–H groups in total. The van der Waals surface area contributed by atoms with Gasteiger partial charge in [0.2, 0.25) is 0 Å². The zero-order chi connectivity index (χ0) is 21.7. The minimum Gasteiger partial charge on any atom is -0.493 e. The van der Waals surface area contributed by atoms with E-state index in [0.29, 0.717) is 5.92 Å². The SMILES string of the molecule is COc1cc2c(cc1OC)CC(CBr)C2.COc1cc2c(cc1OC)CC(CO)C2. The lowest BCUT2D eigenvalue weighted by atomic mass is 10.1. The summed E-state index contributed by atoms with van der Waals surface area (Å²) in [5, 5.41) is 10.2. The molecular weight excluding hydrogens is 448 g/mol. The van der Waals surface area contributed by atoms with Gasteiger partial charge in [0.05, 0.1) is 28.4 Å². The summed E-state index contributed by atoms with van der Waals surface area (Å²) in [7, 11) is 6.65. The number of halogens is 1. The van der Waals surface area contributed by atoms with Crippen LogP contribution in [0.15, 0.2) is 24.3 Å². The fourth-order valence-corrected chi connectivity index (χ4v) is 4.77. The molecule has 0 bridgehead atoms. The Hall–Kier alpha value is -1.92. The third-order valence-electron chi connectivity index (χ3n) is 5.92. The maximum Gasteiger partial charge on any atom is 0.161 e. The second-order valence-electron chi connectivity index (χ2n) is 7.84. The Labute approximate surface area is 187 Å². The van der Waals surface area contributed by atoms with Crippen LogP contribution >= 0.6 is 15.9 Å². The first-order valence-electron chi connectivity index (χ1n) is 10.2. The van der Waals surface area contributed by atoms with Crippen molar-refractivity contribution in [3.63, 3.8) is 0 Å². The van der Waals surface area contributed by atoms with E-state index in [4.69, 9.17) is 24.1 Å². The minimum atomic E-state index is 0.249. The maximum atomic E-state index is 9.13. The van der Waals surface area contributed by atoms with Crippen LogP contribution in [0.4, 0.5) is 0 Å². The van der Waals surface area contributed by atoms with Crippen LogP contribution in [0.1, 0.15) is 22.3 Å². The minimum absolute atomic E-state index is 0.249. The summed E-state index contributed by atoms with van der Waals surface area (Å²) in [4.78, 5) is 0. The third kappa shape index (κ3) is 4.86. The molecule has 0 spiro atoms. The Balaban J connectivity index is 0.000000171. The molecule has 2 aromatic carbocycles. The molecule has 0 atom stereocenters. The van der Waals surface area contributed by atoms with Gasteiger partial charge < -0.3 is 24.1 Å². The summed E-state index contributed by atoms with van der Waals surface area (Å²) in [6.45, 7) is 0.249. The summed E-state index contributed by atoms with van der Waals surface area (Å²) in [6, 6.07) is 8.25. The summed E-state index contributed by atoms with van der Waals surface area (Å²) in [6.07, 6.45) is 4.15. The molecule has 0 aromatic heterocycles. The highest BCUT2D eigenvalue weighted by Gasteiger charge is 2.24. The van der Waals surface area contributed by atoms with E-state index in [-0.39, 0.29) is 6.61 Å². The van der Waals surface area contributed by atoms with Crippen LogP contribution in [0.2, 0.25) is 0 Å². The summed E-state index contributed by atoms with van der Waals surface area (Å²) in [5.41, 5.74) is 5.34. The Morgan fingerprint density at radius 2 is 0.967 bits per heavy atom. The molecule has 2 aromatic rings. The monoisotopic (exact) mass is 478 g/mol. The van der Waals surface area contributed by atoms with Crippen molar-refractivity contribution in [3.8, 4) is 23.0 Å². The van der Waals surface area contributed by atoms with Crippen molar-refractivity contribution in [2.75, 3.05) is 40.4 Å².